The molecule has 3 heteroatoms. The van der Waals surface area contributed by atoms with Crippen molar-refractivity contribution in [3.8, 4) is 0 Å². The zero-order valence-corrected chi connectivity index (χ0v) is 10.6. The molecule has 0 radical (unpaired) electrons. The molecule has 0 spiro atoms. The van der Waals surface area contributed by atoms with E-state index in [9.17, 15) is 0 Å². The van der Waals surface area contributed by atoms with Gasteiger partial charge in [-0.3, -0.25) is 0 Å². The van der Waals surface area contributed by atoms with Gasteiger partial charge in [-0.15, -0.1) is 0 Å². The Morgan fingerprint density at radius 3 is 2.76 bits per heavy atom. The van der Waals surface area contributed by atoms with E-state index >= 15 is 0 Å². The van der Waals surface area contributed by atoms with E-state index in [2.05, 4.69) is 0 Å². The van der Waals surface area contributed by atoms with Crippen molar-refractivity contribution in [1.29, 1.82) is 0 Å². The highest BCUT2D eigenvalue weighted by molar-refractivity contribution is 5.80. The Balaban J connectivity index is 2.21. The summed E-state index contributed by atoms with van der Waals surface area (Å²) < 4.78 is 11.3. The molecule has 1 aromatic heterocycles. The largest absolute Gasteiger partial charge is 0.459 e. The fourth-order valence-electron chi connectivity index (χ4n) is 1.79. The van der Waals surface area contributed by atoms with Gasteiger partial charge in [0.05, 0.1) is 18.8 Å². The summed E-state index contributed by atoms with van der Waals surface area (Å²) in [6.45, 7) is 6.51. The molecule has 1 unspecified atom stereocenters. The number of rotatable bonds is 4. The van der Waals surface area contributed by atoms with Crippen molar-refractivity contribution >= 4 is 11.0 Å². The average molecular weight is 233 g/mol. The van der Waals surface area contributed by atoms with Crippen LogP contribution in [0.1, 0.15) is 31.2 Å². The van der Waals surface area contributed by atoms with Gasteiger partial charge in [0.1, 0.15) is 11.3 Å². The quantitative estimate of drug-likeness (QED) is 0.882. The van der Waals surface area contributed by atoms with Gasteiger partial charge in [0, 0.05) is 5.39 Å². The lowest BCUT2D eigenvalue weighted by atomic mass is 10.1. The Bertz CT molecular complexity index is 502. The van der Waals surface area contributed by atoms with Gasteiger partial charge in [-0.25, -0.2) is 0 Å². The van der Waals surface area contributed by atoms with Crippen molar-refractivity contribution in [2.75, 3.05) is 6.61 Å². The van der Waals surface area contributed by atoms with Crippen molar-refractivity contribution in [3.63, 3.8) is 0 Å². The van der Waals surface area contributed by atoms with Crippen LogP contribution in [0.3, 0.4) is 0 Å². The zero-order valence-electron chi connectivity index (χ0n) is 10.6. The highest BCUT2D eigenvalue weighted by Crippen LogP contribution is 2.25. The summed E-state index contributed by atoms with van der Waals surface area (Å²) in [5.41, 5.74) is 8.09. The molecule has 2 rings (SSSR count). The molecule has 0 aliphatic rings. The van der Waals surface area contributed by atoms with Crippen LogP contribution in [0.2, 0.25) is 0 Å². The minimum Gasteiger partial charge on any atom is -0.459 e. The van der Waals surface area contributed by atoms with Crippen molar-refractivity contribution in [1.82, 2.24) is 0 Å². The van der Waals surface area contributed by atoms with E-state index in [-0.39, 0.29) is 12.1 Å². The van der Waals surface area contributed by atoms with Gasteiger partial charge in [-0.1, -0.05) is 18.2 Å². The lowest BCUT2D eigenvalue weighted by molar-refractivity contribution is 0.0649. The monoisotopic (exact) mass is 233 g/mol. The maximum atomic E-state index is 6.04. The molecule has 0 aliphatic heterocycles. The minimum atomic E-state index is -0.204. The zero-order chi connectivity index (χ0) is 12.4. The topological polar surface area (TPSA) is 48.4 Å². The van der Waals surface area contributed by atoms with E-state index in [0.29, 0.717) is 6.61 Å². The van der Waals surface area contributed by atoms with E-state index < -0.39 is 0 Å². The van der Waals surface area contributed by atoms with Crippen LogP contribution in [0.25, 0.3) is 11.0 Å². The lowest BCUT2D eigenvalue weighted by Crippen LogP contribution is -2.18. The third-order valence-electron chi connectivity index (χ3n) is 2.73. The van der Waals surface area contributed by atoms with Crippen LogP contribution in [0.15, 0.2) is 28.7 Å². The first kappa shape index (κ1) is 12.1. The second-order valence-electron chi connectivity index (χ2n) is 4.63. The molecule has 0 fully saturated rings. The van der Waals surface area contributed by atoms with Crippen LogP contribution in [-0.4, -0.2) is 12.7 Å². The summed E-state index contributed by atoms with van der Waals surface area (Å²) in [5.74, 6) is 0.787. The van der Waals surface area contributed by atoms with Crippen molar-refractivity contribution < 1.29 is 9.15 Å². The number of nitrogens with two attached hydrogens (primary N) is 1. The van der Waals surface area contributed by atoms with Gasteiger partial charge in [0.25, 0.3) is 0 Å². The molecule has 2 N–H and O–H groups in total. The average Bonchev–Trinajstić information content (AvgIpc) is 2.71. The number of hydrogen-bond acceptors (Lipinski definition) is 3. The van der Waals surface area contributed by atoms with E-state index in [0.717, 1.165) is 22.3 Å². The maximum Gasteiger partial charge on any atom is 0.137 e. The van der Waals surface area contributed by atoms with Crippen molar-refractivity contribution in [3.05, 3.63) is 35.6 Å². The first-order chi connectivity index (χ1) is 8.08. The molecular formula is C14H19NO2. The molecule has 0 saturated heterocycles. The van der Waals surface area contributed by atoms with Crippen LogP contribution < -0.4 is 5.73 Å². The third-order valence-corrected chi connectivity index (χ3v) is 2.73. The molecule has 0 amide bonds. The Labute approximate surface area is 102 Å². The molecular weight excluding hydrogens is 214 g/mol. The van der Waals surface area contributed by atoms with Crippen LogP contribution in [0.4, 0.5) is 0 Å². The van der Waals surface area contributed by atoms with E-state index in [1.807, 2.05) is 45.0 Å². The summed E-state index contributed by atoms with van der Waals surface area (Å²) >= 11 is 0. The van der Waals surface area contributed by atoms with E-state index in [1.165, 1.54) is 0 Å². The predicted octanol–water partition coefficient (Wildman–Crippen LogP) is 3.17. The first-order valence-electron chi connectivity index (χ1n) is 5.94. The Morgan fingerprint density at radius 1 is 1.35 bits per heavy atom. The van der Waals surface area contributed by atoms with Gasteiger partial charge in [0.15, 0.2) is 0 Å². The molecule has 17 heavy (non-hydrogen) atoms. The normalized spacial score (nSPS) is 13.5. The molecule has 0 saturated carbocycles. The number of aryl methyl sites for hydroxylation is 1. The number of para-hydroxylation sites is 1. The number of ether oxygens (including phenoxy) is 1. The number of hydrogen-bond donors (Lipinski definition) is 1. The van der Waals surface area contributed by atoms with Crippen LogP contribution in [0, 0.1) is 6.92 Å². The van der Waals surface area contributed by atoms with Gasteiger partial charge >= 0.3 is 0 Å². The van der Waals surface area contributed by atoms with Gasteiger partial charge in [0.2, 0.25) is 0 Å². The molecule has 1 atom stereocenters. The summed E-state index contributed by atoms with van der Waals surface area (Å²) in [6, 6.07) is 7.88. The third kappa shape index (κ3) is 2.68. The van der Waals surface area contributed by atoms with Crippen molar-refractivity contribution in [2.45, 2.75) is 32.9 Å². The highest BCUT2D eigenvalue weighted by Gasteiger charge is 2.13. The molecule has 0 bridgehead atoms. The molecule has 2 aromatic rings. The van der Waals surface area contributed by atoms with E-state index in [1.54, 1.807) is 0 Å². The molecule has 92 valence electrons. The molecule has 1 aromatic carbocycles. The van der Waals surface area contributed by atoms with Crippen LogP contribution in [0.5, 0.6) is 0 Å². The predicted molar refractivity (Wildman–Crippen MR) is 69.0 cm³/mol. The number of furan rings is 1. The summed E-state index contributed by atoms with van der Waals surface area (Å²) in [6.07, 6.45) is 0.187. The smallest absolute Gasteiger partial charge is 0.137 e. The second kappa shape index (κ2) is 4.90. The molecule has 1 heterocycles. The maximum absolute atomic E-state index is 6.04. The fourth-order valence-corrected chi connectivity index (χ4v) is 1.79. The SMILES string of the molecule is Cc1cccc2cc(C(N)COC(C)C)oc12. The Kier molecular flexibility index (Phi) is 3.50. The highest BCUT2D eigenvalue weighted by atomic mass is 16.5. The fraction of sp³-hybridized carbons (Fsp3) is 0.429. The van der Waals surface area contributed by atoms with Crippen LogP contribution in [-0.2, 0) is 4.74 Å². The number of fused-ring (bicyclic) bond motifs is 1. The van der Waals surface area contributed by atoms with Gasteiger partial charge in [-0.05, 0) is 32.4 Å². The Morgan fingerprint density at radius 2 is 2.12 bits per heavy atom. The second-order valence-corrected chi connectivity index (χ2v) is 4.63. The van der Waals surface area contributed by atoms with Crippen LogP contribution >= 0.6 is 0 Å². The van der Waals surface area contributed by atoms with E-state index in [4.69, 9.17) is 14.9 Å². The minimum absolute atomic E-state index is 0.187. The summed E-state index contributed by atoms with van der Waals surface area (Å²) in [4.78, 5) is 0. The lowest BCUT2D eigenvalue weighted by Gasteiger charge is -2.11. The van der Waals surface area contributed by atoms with Gasteiger partial charge in [-0.2, -0.15) is 0 Å². The van der Waals surface area contributed by atoms with Gasteiger partial charge < -0.3 is 14.9 Å². The summed E-state index contributed by atoms with van der Waals surface area (Å²) in [5, 5.41) is 1.10. The Hall–Kier alpha value is -1.32. The molecule has 0 aliphatic carbocycles. The first-order valence-corrected chi connectivity index (χ1v) is 5.94. The molecule has 3 nitrogen and oxygen atoms in total. The van der Waals surface area contributed by atoms with Crippen molar-refractivity contribution in [2.24, 2.45) is 5.73 Å². The summed E-state index contributed by atoms with van der Waals surface area (Å²) in [7, 11) is 0. The standard InChI is InChI=1S/C14H19NO2/c1-9(2)16-8-12(15)13-7-11-6-4-5-10(3)14(11)17-13/h4-7,9,12H,8,15H2,1-3H3. The number of benzene rings is 1.